The smallest absolute Gasteiger partial charge is 0.124 e. The lowest BCUT2D eigenvalue weighted by Crippen LogP contribution is -2.22. The van der Waals surface area contributed by atoms with Crippen LogP contribution in [0.5, 0.6) is 23.0 Å². The van der Waals surface area contributed by atoms with Crippen molar-refractivity contribution in [1.29, 1.82) is 0 Å². The van der Waals surface area contributed by atoms with Crippen LogP contribution in [0, 0.1) is 0 Å². The van der Waals surface area contributed by atoms with E-state index in [2.05, 4.69) is 9.98 Å². The van der Waals surface area contributed by atoms with Crippen LogP contribution in [0.4, 0.5) is 0 Å². The van der Waals surface area contributed by atoms with Crippen LogP contribution in [-0.2, 0) is 0 Å². The van der Waals surface area contributed by atoms with Crippen molar-refractivity contribution in [3.63, 3.8) is 0 Å². The molecular formula is C24H32N2O4. The van der Waals surface area contributed by atoms with E-state index in [1.54, 1.807) is 48.8 Å². The van der Waals surface area contributed by atoms with Crippen molar-refractivity contribution < 1.29 is 19.7 Å². The molecule has 0 unspecified atom stereocenters. The lowest BCUT2D eigenvalue weighted by atomic mass is 10.1. The molecule has 0 saturated carbocycles. The molecule has 0 aromatic heterocycles. The summed E-state index contributed by atoms with van der Waals surface area (Å²) < 4.78 is 11.6. The highest BCUT2D eigenvalue weighted by Gasteiger charge is 2.13. The Kier molecular flexibility index (Phi) is 7.48. The molecule has 2 aromatic carbocycles. The topological polar surface area (TPSA) is 83.6 Å². The number of hydrogen-bond donors (Lipinski definition) is 2. The van der Waals surface area contributed by atoms with Crippen LogP contribution in [0.2, 0.25) is 0 Å². The van der Waals surface area contributed by atoms with Crippen molar-refractivity contribution in [2.24, 2.45) is 9.98 Å². The summed E-state index contributed by atoms with van der Waals surface area (Å²) in [6.07, 6.45) is 3.21. The molecule has 0 radical (unpaired) electrons. The van der Waals surface area contributed by atoms with Crippen LogP contribution in [-0.4, -0.2) is 46.9 Å². The minimum Gasteiger partial charge on any atom is -0.507 e. The largest absolute Gasteiger partial charge is 0.507 e. The van der Waals surface area contributed by atoms with Crippen LogP contribution in [0.1, 0.15) is 52.7 Å². The van der Waals surface area contributed by atoms with E-state index in [1.807, 2.05) is 41.5 Å². The molecule has 2 N–H and O–H groups in total. The second kappa shape index (κ2) is 9.65. The van der Waals surface area contributed by atoms with Gasteiger partial charge in [-0.15, -0.1) is 0 Å². The number of benzene rings is 2. The van der Waals surface area contributed by atoms with Crippen LogP contribution in [0.15, 0.2) is 46.4 Å². The number of hydrogen-bond acceptors (Lipinski definition) is 6. The van der Waals surface area contributed by atoms with Gasteiger partial charge in [-0.3, -0.25) is 9.98 Å². The summed E-state index contributed by atoms with van der Waals surface area (Å²) in [5.41, 5.74) is 0.540. The van der Waals surface area contributed by atoms with Gasteiger partial charge in [-0.1, -0.05) is 0 Å². The Morgan fingerprint density at radius 3 is 1.40 bits per heavy atom. The molecule has 0 atom stereocenters. The molecule has 0 spiro atoms. The Morgan fingerprint density at radius 1 is 0.700 bits per heavy atom. The van der Waals surface area contributed by atoms with E-state index in [1.165, 1.54) is 0 Å². The van der Waals surface area contributed by atoms with E-state index in [0.29, 0.717) is 35.7 Å². The third-order valence-electron chi connectivity index (χ3n) is 3.67. The summed E-state index contributed by atoms with van der Waals surface area (Å²) in [6, 6.07) is 10.2. The molecule has 2 aromatic rings. The molecule has 0 aliphatic carbocycles. The third-order valence-corrected chi connectivity index (χ3v) is 3.67. The van der Waals surface area contributed by atoms with Gasteiger partial charge in [0.1, 0.15) is 34.2 Å². The number of phenols is 2. The zero-order chi connectivity index (χ0) is 22.4. The van der Waals surface area contributed by atoms with Gasteiger partial charge in [0.15, 0.2) is 0 Å². The maximum Gasteiger partial charge on any atom is 0.124 e. The summed E-state index contributed by atoms with van der Waals surface area (Å²) in [4.78, 5) is 8.64. The number of aromatic hydroxyl groups is 2. The van der Waals surface area contributed by atoms with E-state index in [0.717, 1.165) is 0 Å². The monoisotopic (exact) mass is 412 g/mol. The normalized spacial score (nSPS) is 12.6. The van der Waals surface area contributed by atoms with Crippen molar-refractivity contribution in [1.82, 2.24) is 0 Å². The lowest BCUT2D eigenvalue weighted by molar-refractivity contribution is 0.130. The fraction of sp³-hybridized carbons (Fsp3) is 0.417. The molecule has 0 heterocycles. The molecule has 0 amide bonds. The number of aliphatic imine (C=N–C) groups is 2. The fourth-order valence-electron chi connectivity index (χ4n) is 2.55. The Balaban J connectivity index is 1.95. The fourth-order valence-corrected chi connectivity index (χ4v) is 2.55. The average Bonchev–Trinajstić information content (AvgIpc) is 2.60. The van der Waals surface area contributed by atoms with Crippen LogP contribution in [0.3, 0.4) is 0 Å². The van der Waals surface area contributed by atoms with Crippen molar-refractivity contribution in [3.8, 4) is 23.0 Å². The molecule has 0 saturated heterocycles. The Morgan fingerprint density at radius 2 is 1.07 bits per heavy atom. The van der Waals surface area contributed by atoms with Crippen LogP contribution >= 0.6 is 0 Å². The number of phenolic OH excluding ortho intramolecular Hbond substituents is 2. The minimum atomic E-state index is -0.319. The standard InChI is InChI=1S/C24H32N2O4/c1-23(2,3)29-19-7-9-21(27)17(13-19)15-25-11-12-26-16-18-14-20(8-10-22(18)28)30-24(4,5)6/h7-10,13-16,27-28H,11-12H2,1-6H3. The van der Waals surface area contributed by atoms with Gasteiger partial charge in [-0.25, -0.2) is 0 Å². The first-order valence-corrected chi connectivity index (χ1v) is 9.97. The van der Waals surface area contributed by atoms with Gasteiger partial charge in [-0.2, -0.15) is 0 Å². The molecular weight excluding hydrogens is 380 g/mol. The first-order chi connectivity index (χ1) is 13.9. The molecule has 0 fully saturated rings. The molecule has 30 heavy (non-hydrogen) atoms. The molecule has 162 valence electrons. The summed E-state index contributed by atoms with van der Waals surface area (Å²) >= 11 is 0. The molecule has 2 rings (SSSR count). The predicted molar refractivity (Wildman–Crippen MR) is 122 cm³/mol. The molecule has 0 bridgehead atoms. The van der Waals surface area contributed by atoms with E-state index in [-0.39, 0.29) is 22.7 Å². The Bertz CT molecular complexity index is 831. The SMILES string of the molecule is CC(C)(C)Oc1ccc(O)c(C=NCCN=Cc2cc(OC(C)(C)C)ccc2O)c1. The highest BCUT2D eigenvalue weighted by atomic mass is 16.5. The summed E-state index contributed by atoms with van der Waals surface area (Å²) in [6.45, 7) is 12.7. The zero-order valence-corrected chi connectivity index (χ0v) is 18.6. The molecule has 0 aliphatic rings. The van der Waals surface area contributed by atoms with Crippen LogP contribution in [0.25, 0.3) is 0 Å². The molecule has 6 nitrogen and oxygen atoms in total. The van der Waals surface area contributed by atoms with Gasteiger partial charge in [0.2, 0.25) is 0 Å². The number of ether oxygens (including phenoxy) is 2. The van der Waals surface area contributed by atoms with Gasteiger partial charge < -0.3 is 19.7 Å². The Hall–Kier alpha value is -3.02. The van der Waals surface area contributed by atoms with Crippen molar-refractivity contribution in [2.75, 3.05) is 13.1 Å². The first kappa shape index (κ1) is 23.3. The van der Waals surface area contributed by atoms with Gasteiger partial charge >= 0.3 is 0 Å². The van der Waals surface area contributed by atoms with E-state index in [9.17, 15) is 10.2 Å². The third kappa shape index (κ3) is 8.15. The first-order valence-electron chi connectivity index (χ1n) is 9.97. The summed E-state index contributed by atoms with van der Waals surface area (Å²) in [5.74, 6) is 1.63. The minimum absolute atomic E-state index is 0.143. The van der Waals surface area contributed by atoms with Gasteiger partial charge in [0, 0.05) is 23.6 Å². The molecule has 6 heteroatoms. The average molecular weight is 413 g/mol. The maximum absolute atomic E-state index is 10.0. The summed E-state index contributed by atoms with van der Waals surface area (Å²) in [5, 5.41) is 20.0. The molecule has 0 aliphatic heterocycles. The van der Waals surface area contributed by atoms with E-state index in [4.69, 9.17) is 9.47 Å². The lowest BCUT2D eigenvalue weighted by Gasteiger charge is -2.21. The highest BCUT2D eigenvalue weighted by Crippen LogP contribution is 2.25. The summed E-state index contributed by atoms with van der Waals surface area (Å²) in [7, 11) is 0. The van der Waals surface area contributed by atoms with Gasteiger partial charge in [0.25, 0.3) is 0 Å². The zero-order valence-electron chi connectivity index (χ0n) is 18.6. The van der Waals surface area contributed by atoms with E-state index >= 15 is 0 Å². The van der Waals surface area contributed by atoms with Gasteiger partial charge in [0.05, 0.1) is 13.1 Å². The van der Waals surface area contributed by atoms with E-state index < -0.39 is 0 Å². The second-order valence-corrected chi connectivity index (χ2v) is 8.94. The van der Waals surface area contributed by atoms with Crippen LogP contribution < -0.4 is 9.47 Å². The number of rotatable bonds is 7. The number of nitrogens with zero attached hydrogens (tertiary/aromatic N) is 2. The quantitative estimate of drug-likeness (QED) is 0.496. The Labute approximate surface area is 178 Å². The second-order valence-electron chi connectivity index (χ2n) is 8.94. The predicted octanol–water partition coefficient (Wildman–Crippen LogP) is 4.99. The highest BCUT2D eigenvalue weighted by molar-refractivity contribution is 5.85. The van der Waals surface area contributed by atoms with Crippen molar-refractivity contribution in [2.45, 2.75) is 52.7 Å². The maximum atomic E-state index is 10.0. The van der Waals surface area contributed by atoms with Crippen molar-refractivity contribution in [3.05, 3.63) is 47.5 Å². The van der Waals surface area contributed by atoms with Gasteiger partial charge in [-0.05, 0) is 77.9 Å². The van der Waals surface area contributed by atoms with Crippen molar-refractivity contribution >= 4 is 12.4 Å².